The number of amides is 1. The molecule has 0 saturated carbocycles. The van der Waals surface area contributed by atoms with Crippen molar-refractivity contribution < 1.29 is 14.3 Å². The topological polar surface area (TPSA) is 64.5 Å². The van der Waals surface area contributed by atoms with Crippen LogP contribution in [0.1, 0.15) is 40.0 Å². The molecule has 1 saturated heterocycles. The molecule has 2 rings (SSSR count). The van der Waals surface area contributed by atoms with Crippen LogP contribution in [0.3, 0.4) is 0 Å². The Morgan fingerprint density at radius 1 is 1.43 bits per heavy atom. The predicted molar refractivity (Wildman–Crippen MR) is 87.7 cm³/mol. The van der Waals surface area contributed by atoms with Crippen molar-refractivity contribution in [2.24, 2.45) is 5.92 Å². The minimum atomic E-state index is -0.459. The lowest BCUT2D eigenvalue weighted by molar-refractivity contribution is 0.0154. The van der Waals surface area contributed by atoms with Crippen LogP contribution in [0.25, 0.3) is 0 Å². The van der Waals surface area contributed by atoms with E-state index in [1.165, 1.54) is 6.33 Å². The molecule has 128 valence electrons. The van der Waals surface area contributed by atoms with Crippen molar-refractivity contribution in [3.8, 4) is 5.88 Å². The lowest BCUT2D eigenvalue weighted by atomic mass is 9.95. The number of carbonyl (C=O) groups is 1. The number of rotatable bonds is 4. The molecule has 2 heterocycles. The second-order valence-electron chi connectivity index (χ2n) is 6.75. The molecule has 1 aliphatic rings. The van der Waals surface area contributed by atoms with E-state index < -0.39 is 5.60 Å². The minimum Gasteiger partial charge on any atom is -0.478 e. The average Bonchev–Trinajstić information content (AvgIpc) is 2.46. The minimum absolute atomic E-state index is 0.231. The first-order valence-electron chi connectivity index (χ1n) is 7.92. The molecule has 0 aliphatic carbocycles. The Hall–Kier alpha value is -1.56. The summed E-state index contributed by atoms with van der Waals surface area (Å²) >= 11 is 5.79. The highest BCUT2D eigenvalue weighted by molar-refractivity contribution is 6.29. The summed E-state index contributed by atoms with van der Waals surface area (Å²) in [5.74, 6) is 0.887. The number of aromatic nitrogens is 2. The van der Waals surface area contributed by atoms with Gasteiger partial charge in [-0.05, 0) is 46.0 Å². The number of likely N-dealkylation sites (tertiary alicyclic amines) is 1. The van der Waals surface area contributed by atoms with Crippen LogP contribution in [0.4, 0.5) is 4.79 Å². The van der Waals surface area contributed by atoms with E-state index >= 15 is 0 Å². The lowest BCUT2D eigenvalue weighted by Gasteiger charge is -2.34. The summed E-state index contributed by atoms with van der Waals surface area (Å²) < 4.78 is 11.0. The summed E-state index contributed by atoms with van der Waals surface area (Å²) in [6, 6.07) is 1.59. The molecule has 0 N–H and O–H groups in total. The third kappa shape index (κ3) is 6.22. The highest BCUT2D eigenvalue weighted by Gasteiger charge is 2.27. The molecule has 1 aromatic rings. The van der Waals surface area contributed by atoms with E-state index in [1.807, 2.05) is 20.8 Å². The van der Waals surface area contributed by atoms with E-state index in [2.05, 4.69) is 9.97 Å². The van der Waals surface area contributed by atoms with E-state index in [0.717, 1.165) is 25.8 Å². The molecular weight excluding hydrogens is 318 g/mol. The van der Waals surface area contributed by atoms with Gasteiger partial charge in [-0.3, -0.25) is 0 Å². The van der Waals surface area contributed by atoms with Crippen molar-refractivity contribution in [1.29, 1.82) is 0 Å². The largest absolute Gasteiger partial charge is 0.478 e. The van der Waals surface area contributed by atoms with Gasteiger partial charge in [0.25, 0.3) is 0 Å². The van der Waals surface area contributed by atoms with Crippen LogP contribution < -0.4 is 4.74 Å². The Kier molecular flexibility index (Phi) is 6.04. The fourth-order valence-corrected chi connectivity index (χ4v) is 2.66. The number of halogens is 1. The quantitative estimate of drug-likeness (QED) is 0.784. The maximum Gasteiger partial charge on any atom is 0.410 e. The Balaban J connectivity index is 1.76. The Morgan fingerprint density at radius 2 is 2.22 bits per heavy atom. The van der Waals surface area contributed by atoms with Gasteiger partial charge in [-0.25, -0.2) is 14.8 Å². The van der Waals surface area contributed by atoms with Gasteiger partial charge in [-0.15, -0.1) is 0 Å². The van der Waals surface area contributed by atoms with E-state index in [9.17, 15) is 4.79 Å². The van der Waals surface area contributed by atoms with Gasteiger partial charge in [0, 0.05) is 19.2 Å². The molecule has 0 spiro atoms. The van der Waals surface area contributed by atoms with Crippen molar-refractivity contribution in [3.63, 3.8) is 0 Å². The van der Waals surface area contributed by atoms with E-state index in [-0.39, 0.29) is 6.09 Å². The van der Waals surface area contributed by atoms with Crippen molar-refractivity contribution in [2.75, 3.05) is 19.7 Å². The Morgan fingerprint density at radius 3 is 2.91 bits per heavy atom. The number of hydrogen-bond donors (Lipinski definition) is 0. The molecule has 1 atom stereocenters. The fourth-order valence-electron chi connectivity index (χ4n) is 2.52. The van der Waals surface area contributed by atoms with Gasteiger partial charge in [-0.1, -0.05) is 11.6 Å². The second-order valence-corrected chi connectivity index (χ2v) is 7.14. The molecule has 6 nitrogen and oxygen atoms in total. The first-order valence-corrected chi connectivity index (χ1v) is 8.29. The van der Waals surface area contributed by atoms with Gasteiger partial charge in [0.05, 0.1) is 6.61 Å². The monoisotopic (exact) mass is 341 g/mol. The summed E-state index contributed by atoms with van der Waals surface area (Å²) in [6.07, 6.45) is 4.09. The molecule has 1 fully saturated rings. The maximum absolute atomic E-state index is 12.1. The van der Waals surface area contributed by atoms with Gasteiger partial charge in [-0.2, -0.15) is 0 Å². The molecule has 1 aromatic heterocycles. The normalized spacial score (nSPS) is 18.6. The molecule has 23 heavy (non-hydrogen) atoms. The van der Waals surface area contributed by atoms with Gasteiger partial charge in [0.1, 0.15) is 17.1 Å². The third-order valence-corrected chi connectivity index (χ3v) is 3.76. The number of nitrogens with zero attached hydrogens (tertiary/aromatic N) is 3. The Bertz CT molecular complexity index is 534. The highest BCUT2D eigenvalue weighted by Crippen LogP contribution is 2.22. The van der Waals surface area contributed by atoms with Gasteiger partial charge in [0.2, 0.25) is 5.88 Å². The molecule has 0 radical (unpaired) electrons. The predicted octanol–water partition coefficient (Wildman–Crippen LogP) is 3.55. The van der Waals surface area contributed by atoms with Crippen molar-refractivity contribution in [2.45, 2.75) is 45.6 Å². The first-order chi connectivity index (χ1) is 10.8. The van der Waals surface area contributed by atoms with Crippen LogP contribution in [-0.2, 0) is 4.74 Å². The third-order valence-electron chi connectivity index (χ3n) is 3.56. The molecule has 0 unspecified atom stereocenters. The maximum atomic E-state index is 12.1. The molecule has 1 amide bonds. The van der Waals surface area contributed by atoms with Crippen molar-refractivity contribution >= 4 is 17.7 Å². The average molecular weight is 342 g/mol. The summed E-state index contributed by atoms with van der Waals surface area (Å²) in [5, 5.41) is 0.365. The van der Waals surface area contributed by atoms with Crippen LogP contribution in [0, 0.1) is 5.92 Å². The SMILES string of the molecule is CC(C)(C)OC(=O)N1CCC[C@@H](CCOc2cc(Cl)ncn2)C1. The molecule has 0 aromatic carbocycles. The van der Waals surface area contributed by atoms with Crippen LogP contribution in [0.5, 0.6) is 5.88 Å². The van der Waals surface area contributed by atoms with E-state index in [4.69, 9.17) is 21.1 Å². The molecule has 1 aliphatic heterocycles. The van der Waals surface area contributed by atoms with E-state index in [0.29, 0.717) is 30.1 Å². The molecule has 7 heteroatoms. The van der Waals surface area contributed by atoms with Gasteiger partial charge in [0.15, 0.2) is 0 Å². The van der Waals surface area contributed by atoms with Gasteiger partial charge < -0.3 is 14.4 Å². The van der Waals surface area contributed by atoms with E-state index in [1.54, 1.807) is 11.0 Å². The standard InChI is InChI=1S/C16H24ClN3O3/c1-16(2,3)23-15(21)20-7-4-5-12(10-20)6-8-22-14-9-13(17)18-11-19-14/h9,11-12H,4-8,10H2,1-3H3/t12-/m0/s1. The summed E-state index contributed by atoms with van der Waals surface area (Å²) in [5.41, 5.74) is -0.459. The molecule has 0 bridgehead atoms. The van der Waals surface area contributed by atoms with Crippen molar-refractivity contribution in [1.82, 2.24) is 14.9 Å². The van der Waals surface area contributed by atoms with Gasteiger partial charge >= 0.3 is 6.09 Å². The van der Waals surface area contributed by atoms with Crippen LogP contribution in [0.15, 0.2) is 12.4 Å². The zero-order valence-corrected chi connectivity index (χ0v) is 14.7. The van der Waals surface area contributed by atoms with Crippen LogP contribution in [0.2, 0.25) is 5.15 Å². The number of hydrogen-bond acceptors (Lipinski definition) is 5. The fraction of sp³-hybridized carbons (Fsp3) is 0.688. The molecular formula is C16H24ClN3O3. The van der Waals surface area contributed by atoms with Crippen LogP contribution >= 0.6 is 11.6 Å². The number of carbonyl (C=O) groups excluding carboxylic acids is 1. The summed E-state index contributed by atoms with van der Waals surface area (Å²) in [6.45, 7) is 7.66. The number of ether oxygens (including phenoxy) is 2. The second kappa shape index (κ2) is 7.81. The summed E-state index contributed by atoms with van der Waals surface area (Å²) in [7, 11) is 0. The first kappa shape index (κ1) is 17.8. The summed E-state index contributed by atoms with van der Waals surface area (Å²) in [4.78, 5) is 21.7. The number of piperidine rings is 1. The van der Waals surface area contributed by atoms with Crippen LogP contribution in [-0.4, -0.2) is 46.3 Å². The lowest BCUT2D eigenvalue weighted by Crippen LogP contribution is -2.43. The zero-order valence-electron chi connectivity index (χ0n) is 13.9. The smallest absolute Gasteiger partial charge is 0.410 e. The van der Waals surface area contributed by atoms with Crippen molar-refractivity contribution in [3.05, 3.63) is 17.5 Å². The zero-order chi connectivity index (χ0) is 16.9. The Labute approximate surface area is 142 Å². The highest BCUT2D eigenvalue weighted by atomic mass is 35.5.